The molecule has 0 spiro atoms. The van der Waals surface area contributed by atoms with Gasteiger partial charge in [0.1, 0.15) is 17.9 Å². The smallest absolute Gasteiger partial charge is 0.253 e. The van der Waals surface area contributed by atoms with Gasteiger partial charge in [0.15, 0.2) is 0 Å². The van der Waals surface area contributed by atoms with Gasteiger partial charge in [0.25, 0.3) is 11.8 Å². The Bertz CT molecular complexity index is 1580. The molecule has 3 N–H and O–H groups in total. The first-order valence-electron chi connectivity index (χ1n) is 15.8. The first-order valence-corrected chi connectivity index (χ1v) is 15.8. The van der Waals surface area contributed by atoms with Crippen molar-refractivity contribution in [2.45, 2.75) is 65.1 Å². The molecule has 8 nitrogen and oxygen atoms in total. The molecule has 0 aliphatic rings. The van der Waals surface area contributed by atoms with Crippen LogP contribution >= 0.6 is 12.4 Å². The predicted molar refractivity (Wildman–Crippen MR) is 181 cm³/mol. The normalized spacial score (nSPS) is 12.2. The van der Waals surface area contributed by atoms with E-state index >= 15 is 0 Å². The average Bonchev–Trinajstić information content (AvgIpc) is 3.59. The van der Waals surface area contributed by atoms with E-state index in [-0.39, 0.29) is 48.3 Å². The third-order valence-electron chi connectivity index (χ3n) is 7.64. The van der Waals surface area contributed by atoms with Gasteiger partial charge < -0.3 is 25.1 Å². The van der Waals surface area contributed by atoms with Gasteiger partial charge in [-0.15, -0.1) is 12.4 Å². The number of carbonyl (C=O) groups excluding carboxylic acids is 2. The minimum Gasteiger partial charge on any atom is -0.445 e. The van der Waals surface area contributed by atoms with Gasteiger partial charge in [-0.3, -0.25) is 9.59 Å². The number of halogens is 3. The molecule has 4 rings (SSSR count). The number of benzene rings is 3. The summed E-state index contributed by atoms with van der Waals surface area (Å²) in [6, 6.07) is 15.0. The number of aliphatic hydroxyl groups excluding tert-OH is 1. The van der Waals surface area contributed by atoms with E-state index in [4.69, 9.17) is 4.42 Å². The summed E-state index contributed by atoms with van der Waals surface area (Å²) in [5.74, 6) is -2.07. The zero-order valence-electron chi connectivity index (χ0n) is 27.0. The second-order valence-electron chi connectivity index (χ2n) is 11.4. The van der Waals surface area contributed by atoms with Gasteiger partial charge in [-0.25, -0.2) is 13.8 Å². The van der Waals surface area contributed by atoms with E-state index in [1.165, 1.54) is 36.2 Å². The first-order chi connectivity index (χ1) is 22.2. The van der Waals surface area contributed by atoms with Gasteiger partial charge >= 0.3 is 0 Å². The number of nitrogens with one attached hydrogen (secondary N) is 2. The molecule has 0 fully saturated rings. The number of carbonyl (C=O) groups is 2. The van der Waals surface area contributed by atoms with Gasteiger partial charge in [-0.2, -0.15) is 0 Å². The first kappa shape index (κ1) is 37.3. The van der Waals surface area contributed by atoms with Gasteiger partial charge in [0.2, 0.25) is 5.89 Å². The Morgan fingerprint density at radius 3 is 2.23 bits per heavy atom. The molecular formula is C36H43ClF2N4O4. The van der Waals surface area contributed by atoms with Crippen molar-refractivity contribution in [3.63, 3.8) is 0 Å². The highest BCUT2D eigenvalue weighted by atomic mass is 35.5. The van der Waals surface area contributed by atoms with Crippen LogP contribution in [0.15, 0.2) is 77.5 Å². The number of aliphatic hydroxyl groups is 1. The maximum Gasteiger partial charge on any atom is 0.253 e. The average molecular weight is 669 g/mol. The fourth-order valence-electron chi connectivity index (χ4n) is 5.39. The molecule has 47 heavy (non-hydrogen) atoms. The Morgan fingerprint density at radius 2 is 1.60 bits per heavy atom. The Morgan fingerprint density at radius 1 is 0.915 bits per heavy atom. The number of aromatic nitrogens is 1. The maximum absolute atomic E-state index is 14.1. The summed E-state index contributed by atoms with van der Waals surface area (Å²) in [5, 5.41) is 17.3. The molecule has 2 amide bonds. The summed E-state index contributed by atoms with van der Waals surface area (Å²) in [6.07, 6.45) is 4.16. The molecule has 0 radical (unpaired) electrons. The van der Waals surface area contributed by atoms with Crippen molar-refractivity contribution < 1.29 is 27.9 Å². The standard InChI is InChI=1S/C36H42F2N4O4.ClH/c1-4-11-42(12-5-2)36(45)29-19-27(18-28(20-29)35-40-10-13-46-35)34(44)41-32(17-26-15-30(37)21-31(38)16-26)33(43)23-39-22-25-9-7-8-24(6-3)14-25;/h7-10,13-16,18-21,32-33,39,43H,4-6,11-12,17,22-23H2,1-3H3,(H,41,44);1H/t32-,33+;/m0./s1. The van der Waals surface area contributed by atoms with Crippen LogP contribution in [0.3, 0.4) is 0 Å². The van der Waals surface area contributed by atoms with Crippen LogP contribution in [-0.2, 0) is 19.4 Å². The second kappa shape index (κ2) is 18.3. The molecule has 0 saturated carbocycles. The van der Waals surface area contributed by atoms with E-state index < -0.39 is 29.7 Å². The van der Waals surface area contributed by atoms with Crippen molar-refractivity contribution in [3.05, 3.63) is 113 Å². The largest absolute Gasteiger partial charge is 0.445 e. The van der Waals surface area contributed by atoms with E-state index in [1.807, 2.05) is 32.0 Å². The van der Waals surface area contributed by atoms with Crippen LogP contribution in [0, 0.1) is 11.6 Å². The SMILES string of the molecule is CCCN(CCC)C(=O)c1cc(C(=O)N[C@@H](Cc2cc(F)cc(F)c2)[C@H](O)CNCc2cccc(CC)c2)cc(-c2ncco2)c1.Cl. The molecule has 0 aliphatic carbocycles. The lowest BCUT2D eigenvalue weighted by Gasteiger charge is -2.25. The third-order valence-corrected chi connectivity index (χ3v) is 7.64. The highest BCUT2D eigenvalue weighted by molar-refractivity contribution is 6.01. The molecule has 0 saturated heterocycles. The van der Waals surface area contributed by atoms with E-state index in [0.29, 0.717) is 30.8 Å². The van der Waals surface area contributed by atoms with Crippen LogP contribution in [-0.4, -0.2) is 58.6 Å². The van der Waals surface area contributed by atoms with Crippen LogP contribution < -0.4 is 10.6 Å². The highest BCUT2D eigenvalue weighted by Gasteiger charge is 2.25. The number of amides is 2. The summed E-state index contributed by atoms with van der Waals surface area (Å²) in [6.45, 7) is 7.76. The molecule has 0 aliphatic heterocycles. The summed E-state index contributed by atoms with van der Waals surface area (Å²) < 4.78 is 33.6. The number of aryl methyl sites for hydroxylation is 1. The lowest BCUT2D eigenvalue weighted by molar-refractivity contribution is 0.0755. The lowest BCUT2D eigenvalue weighted by Crippen LogP contribution is -2.48. The molecule has 4 aromatic rings. The lowest BCUT2D eigenvalue weighted by atomic mass is 9.99. The van der Waals surface area contributed by atoms with E-state index in [1.54, 1.807) is 17.0 Å². The Hall–Kier alpha value is -4.12. The summed E-state index contributed by atoms with van der Waals surface area (Å²) in [7, 11) is 0. The zero-order chi connectivity index (χ0) is 33.1. The monoisotopic (exact) mass is 668 g/mol. The van der Waals surface area contributed by atoms with Gasteiger partial charge in [0.05, 0.1) is 18.3 Å². The summed E-state index contributed by atoms with van der Waals surface area (Å²) in [4.78, 5) is 33.3. The Labute approximate surface area is 281 Å². The van der Waals surface area contributed by atoms with E-state index in [2.05, 4.69) is 28.6 Å². The summed E-state index contributed by atoms with van der Waals surface area (Å²) in [5.41, 5.74) is 3.39. The third kappa shape index (κ3) is 10.7. The van der Waals surface area contributed by atoms with Crippen molar-refractivity contribution in [3.8, 4) is 11.5 Å². The van der Waals surface area contributed by atoms with Gasteiger partial charge in [-0.1, -0.05) is 45.0 Å². The number of oxazole rings is 1. The zero-order valence-corrected chi connectivity index (χ0v) is 27.8. The van der Waals surface area contributed by atoms with Crippen molar-refractivity contribution in [1.82, 2.24) is 20.5 Å². The Kier molecular flexibility index (Phi) is 14.5. The molecule has 1 aromatic heterocycles. The molecule has 2 atom stereocenters. The van der Waals surface area contributed by atoms with E-state index in [9.17, 15) is 23.5 Å². The van der Waals surface area contributed by atoms with Crippen LogP contribution in [0.2, 0.25) is 0 Å². The molecule has 11 heteroatoms. The molecule has 0 bridgehead atoms. The highest BCUT2D eigenvalue weighted by Crippen LogP contribution is 2.23. The second-order valence-corrected chi connectivity index (χ2v) is 11.4. The molecular weight excluding hydrogens is 626 g/mol. The fraction of sp³-hybridized carbons (Fsp3) is 0.361. The van der Waals surface area contributed by atoms with Gasteiger partial charge in [0, 0.05) is 48.9 Å². The van der Waals surface area contributed by atoms with Crippen molar-refractivity contribution in [2.75, 3.05) is 19.6 Å². The van der Waals surface area contributed by atoms with Crippen LogP contribution in [0.25, 0.3) is 11.5 Å². The number of rotatable bonds is 16. The molecule has 1 heterocycles. The van der Waals surface area contributed by atoms with Crippen molar-refractivity contribution in [1.29, 1.82) is 0 Å². The summed E-state index contributed by atoms with van der Waals surface area (Å²) >= 11 is 0. The minimum absolute atomic E-state index is 0. The van der Waals surface area contributed by atoms with Crippen LogP contribution in [0.1, 0.15) is 71.0 Å². The maximum atomic E-state index is 14.1. The van der Waals surface area contributed by atoms with Crippen LogP contribution in [0.4, 0.5) is 8.78 Å². The molecule has 0 unspecified atom stereocenters. The molecule has 252 valence electrons. The van der Waals surface area contributed by atoms with E-state index in [0.717, 1.165) is 30.9 Å². The van der Waals surface area contributed by atoms with Gasteiger partial charge in [-0.05, 0) is 72.7 Å². The Balaban J connectivity index is 0.00000600. The predicted octanol–water partition coefficient (Wildman–Crippen LogP) is 6.36. The fourth-order valence-corrected chi connectivity index (χ4v) is 5.39. The minimum atomic E-state index is -1.12. The van der Waals surface area contributed by atoms with Crippen molar-refractivity contribution in [2.24, 2.45) is 0 Å². The van der Waals surface area contributed by atoms with Crippen LogP contribution in [0.5, 0.6) is 0 Å². The number of hydrogen-bond acceptors (Lipinski definition) is 6. The topological polar surface area (TPSA) is 108 Å². The number of hydrogen-bond donors (Lipinski definition) is 3. The number of nitrogens with zero attached hydrogens (tertiary/aromatic N) is 2. The quantitative estimate of drug-likeness (QED) is 0.128. The van der Waals surface area contributed by atoms with Crippen molar-refractivity contribution >= 4 is 24.2 Å². The molecule has 3 aromatic carbocycles.